The minimum absolute atomic E-state index is 0.199. The molecule has 0 aromatic heterocycles. The van der Waals surface area contributed by atoms with Gasteiger partial charge < -0.3 is 4.74 Å². The molecule has 1 aliphatic heterocycles. The highest BCUT2D eigenvalue weighted by Crippen LogP contribution is 2.28. The maximum atomic E-state index is 11.2. The molecule has 74 valence electrons. The summed E-state index contributed by atoms with van der Waals surface area (Å²) in [6.07, 6.45) is 1.24. The smallest absolute Gasteiger partial charge is 0.317 e. The Hall–Kier alpha value is -0.860. The molecule has 0 spiro atoms. The van der Waals surface area contributed by atoms with Gasteiger partial charge in [0.05, 0.1) is 12.3 Å². The third-order valence-corrected chi connectivity index (χ3v) is 2.43. The number of carbonyl (C=O) groups is 2. The van der Waals surface area contributed by atoms with Crippen LogP contribution in [-0.2, 0) is 14.3 Å². The summed E-state index contributed by atoms with van der Waals surface area (Å²) < 4.78 is 4.50. The van der Waals surface area contributed by atoms with Gasteiger partial charge in [0.15, 0.2) is 0 Å². The first kappa shape index (κ1) is 10.2. The van der Waals surface area contributed by atoms with Crippen molar-refractivity contribution in [1.29, 1.82) is 0 Å². The van der Waals surface area contributed by atoms with Crippen molar-refractivity contribution in [3.63, 3.8) is 0 Å². The van der Waals surface area contributed by atoms with E-state index in [1.807, 2.05) is 6.92 Å². The topological polar surface area (TPSA) is 43.4 Å². The van der Waals surface area contributed by atoms with Gasteiger partial charge in [0.1, 0.15) is 0 Å². The van der Waals surface area contributed by atoms with Crippen LogP contribution in [0.5, 0.6) is 0 Å². The maximum absolute atomic E-state index is 11.2. The summed E-state index contributed by atoms with van der Waals surface area (Å²) in [5.74, 6) is -0.101. The van der Waals surface area contributed by atoms with E-state index in [1.165, 1.54) is 0 Å². The second kappa shape index (κ2) is 3.90. The molecule has 0 bridgehead atoms. The van der Waals surface area contributed by atoms with Crippen molar-refractivity contribution in [1.82, 2.24) is 0 Å². The molecule has 0 radical (unpaired) electrons. The van der Waals surface area contributed by atoms with Gasteiger partial charge >= 0.3 is 11.9 Å². The van der Waals surface area contributed by atoms with E-state index in [0.29, 0.717) is 5.92 Å². The molecular formula is C10H16O3. The Morgan fingerprint density at radius 1 is 1.38 bits per heavy atom. The zero-order valence-electron chi connectivity index (χ0n) is 8.37. The van der Waals surface area contributed by atoms with E-state index >= 15 is 0 Å². The predicted octanol–water partition coefficient (Wildman–Crippen LogP) is 1.76. The molecule has 0 N–H and O–H groups in total. The van der Waals surface area contributed by atoms with Crippen molar-refractivity contribution in [2.24, 2.45) is 17.8 Å². The second-order valence-corrected chi connectivity index (χ2v) is 4.21. The first-order valence-corrected chi connectivity index (χ1v) is 4.75. The van der Waals surface area contributed by atoms with Gasteiger partial charge in [0.25, 0.3) is 0 Å². The minimum Gasteiger partial charge on any atom is -0.393 e. The van der Waals surface area contributed by atoms with E-state index in [9.17, 15) is 9.59 Å². The predicted molar refractivity (Wildman–Crippen MR) is 47.8 cm³/mol. The van der Waals surface area contributed by atoms with E-state index in [2.05, 4.69) is 18.6 Å². The zero-order chi connectivity index (χ0) is 10.0. The van der Waals surface area contributed by atoms with Crippen LogP contribution in [0.1, 0.15) is 33.6 Å². The van der Waals surface area contributed by atoms with Crippen LogP contribution in [0.3, 0.4) is 0 Å². The lowest BCUT2D eigenvalue weighted by Crippen LogP contribution is -2.18. The fraction of sp³-hybridized carbons (Fsp3) is 0.800. The quantitative estimate of drug-likeness (QED) is 0.496. The third-order valence-electron chi connectivity index (χ3n) is 2.43. The Bertz CT molecular complexity index is 220. The average Bonchev–Trinajstić information content (AvgIpc) is 2.28. The van der Waals surface area contributed by atoms with Crippen molar-refractivity contribution < 1.29 is 14.3 Å². The minimum atomic E-state index is -0.370. The monoisotopic (exact) mass is 184 g/mol. The molecule has 1 aliphatic rings. The van der Waals surface area contributed by atoms with E-state index < -0.39 is 0 Å². The SMILES string of the molecule is CC(C)CC(C)C1CC(=O)OC1=O. The van der Waals surface area contributed by atoms with Gasteiger partial charge in [-0.3, -0.25) is 9.59 Å². The summed E-state index contributed by atoms with van der Waals surface area (Å²) in [6, 6.07) is 0. The third kappa shape index (κ3) is 2.54. The molecular weight excluding hydrogens is 168 g/mol. The first-order chi connectivity index (χ1) is 6.00. The van der Waals surface area contributed by atoms with Gasteiger partial charge in [0, 0.05) is 0 Å². The molecule has 0 amide bonds. The van der Waals surface area contributed by atoms with Crippen molar-refractivity contribution >= 4 is 11.9 Å². The second-order valence-electron chi connectivity index (χ2n) is 4.21. The van der Waals surface area contributed by atoms with E-state index in [4.69, 9.17) is 0 Å². The van der Waals surface area contributed by atoms with Crippen LogP contribution < -0.4 is 0 Å². The molecule has 1 rings (SSSR count). The van der Waals surface area contributed by atoms with Crippen LogP contribution >= 0.6 is 0 Å². The molecule has 0 aromatic rings. The number of esters is 2. The van der Waals surface area contributed by atoms with Crippen molar-refractivity contribution in [2.45, 2.75) is 33.6 Å². The molecule has 0 saturated carbocycles. The van der Waals surface area contributed by atoms with Gasteiger partial charge in [0.2, 0.25) is 0 Å². The van der Waals surface area contributed by atoms with Gasteiger partial charge in [-0.15, -0.1) is 0 Å². The van der Waals surface area contributed by atoms with Gasteiger partial charge in [-0.25, -0.2) is 0 Å². The Balaban J connectivity index is 2.52. The van der Waals surface area contributed by atoms with E-state index in [1.54, 1.807) is 0 Å². The normalized spacial score (nSPS) is 25.1. The fourth-order valence-corrected chi connectivity index (χ4v) is 1.83. The molecule has 0 aliphatic carbocycles. The number of cyclic esters (lactones) is 2. The number of hydrogen-bond donors (Lipinski definition) is 0. The van der Waals surface area contributed by atoms with Crippen LogP contribution in [0.25, 0.3) is 0 Å². The average molecular weight is 184 g/mol. The standard InChI is InChI=1S/C10H16O3/c1-6(2)4-7(3)8-5-9(11)13-10(8)12/h6-8H,4-5H2,1-3H3. The highest BCUT2D eigenvalue weighted by molar-refractivity contribution is 5.94. The molecule has 2 atom stereocenters. The van der Waals surface area contributed by atoms with Crippen LogP contribution in [0, 0.1) is 17.8 Å². The Morgan fingerprint density at radius 2 is 2.00 bits per heavy atom. The molecule has 1 saturated heterocycles. The summed E-state index contributed by atoms with van der Waals surface area (Å²) in [5.41, 5.74) is 0. The number of carbonyl (C=O) groups excluding carboxylic acids is 2. The number of hydrogen-bond acceptors (Lipinski definition) is 3. The summed E-state index contributed by atoms with van der Waals surface area (Å²) >= 11 is 0. The maximum Gasteiger partial charge on any atom is 0.317 e. The molecule has 1 heterocycles. The Morgan fingerprint density at radius 3 is 2.38 bits per heavy atom. The number of ether oxygens (including phenoxy) is 1. The first-order valence-electron chi connectivity index (χ1n) is 4.75. The van der Waals surface area contributed by atoms with E-state index in [-0.39, 0.29) is 30.2 Å². The lowest BCUT2D eigenvalue weighted by molar-refractivity contribution is -0.153. The van der Waals surface area contributed by atoms with Gasteiger partial charge in [-0.2, -0.15) is 0 Å². The molecule has 3 heteroatoms. The van der Waals surface area contributed by atoms with Crippen molar-refractivity contribution in [3.8, 4) is 0 Å². The summed E-state index contributed by atoms with van der Waals surface area (Å²) in [6.45, 7) is 6.22. The summed E-state index contributed by atoms with van der Waals surface area (Å²) in [5, 5.41) is 0. The Kier molecular flexibility index (Phi) is 3.07. The molecule has 1 fully saturated rings. The van der Waals surface area contributed by atoms with Gasteiger partial charge in [-0.05, 0) is 18.3 Å². The van der Waals surface area contributed by atoms with E-state index in [0.717, 1.165) is 6.42 Å². The van der Waals surface area contributed by atoms with Crippen LogP contribution in [0.15, 0.2) is 0 Å². The highest BCUT2D eigenvalue weighted by Gasteiger charge is 2.37. The molecule has 13 heavy (non-hydrogen) atoms. The van der Waals surface area contributed by atoms with Crippen LogP contribution in [0.4, 0.5) is 0 Å². The van der Waals surface area contributed by atoms with Crippen LogP contribution in [0.2, 0.25) is 0 Å². The molecule has 3 nitrogen and oxygen atoms in total. The van der Waals surface area contributed by atoms with Gasteiger partial charge in [-0.1, -0.05) is 20.8 Å². The lowest BCUT2D eigenvalue weighted by atomic mass is 9.86. The van der Waals surface area contributed by atoms with Crippen LogP contribution in [-0.4, -0.2) is 11.9 Å². The van der Waals surface area contributed by atoms with Crippen molar-refractivity contribution in [2.75, 3.05) is 0 Å². The Labute approximate surface area is 78.5 Å². The lowest BCUT2D eigenvalue weighted by Gasteiger charge is -2.16. The fourth-order valence-electron chi connectivity index (χ4n) is 1.83. The molecule has 0 aromatic carbocycles. The summed E-state index contributed by atoms with van der Waals surface area (Å²) in [4.78, 5) is 22.0. The summed E-state index contributed by atoms with van der Waals surface area (Å²) in [7, 11) is 0. The van der Waals surface area contributed by atoms with Crippen molar-refractivity contribution in [3.05, 3.63) is 0 Å². The molecule has 2 unspecified atom stereocenters. The largest absolute Gasteiger partial charge is 0.393 e. The zero-order valence-corrected chi connectivity index (χ0v) is 8.37. The number of rotatable bonds is 3. The highest BCUT2D eigenvalue weighted by atomic mass is 16.6.